The minimum absolute atomic E-state index is 0.141. The molecule has 31 heavy (non-hydrogen) atoms. The van der Waals surface area contributed by atoms with E-state index in [2.05, 4.69) is 25.7 Å². The molecule has 0 amide bonds. The third-order valence-electron chi connectivity index (χ3n) is 6.04. The molecule has 0 spiro atoms. The van der Waals surface area contributed by atoms with E-state index in [9.17, 15) is 5.11 Å². The Hall–Kier alpha value is -3.27. The molecule has 1 aliphatic rings. The van der Waals surface area contributed by atoms with E-state index >= 15 is 4.39 Å². The number of aryl methyl sites for hydroxylation is 1. The first kappa shape index (κ1) is 19.7. The number of aromatic nitrogens is 6. The highest BCUT2D eigenvalue weighted by molar-refractivity contribution is 5.89. The van der Waals surface area contributed by atoms with Crippen molar-refractivity contribution in [1.82, 2.24) is 29.6 Å². The van der Waals surface area contributed by atoms with E-state index in [1.165, 1.54) is 17.8 Å². The van der Waals surface area contributed by atoms with E-state index in [-0.39, 0.29) is 11.9 Å². The minimum Gasteiger partial charge on any atom is -0.479 e. The number of ether oxygens (including phenoxy) is 1. The molecule has 3 aromatic heterocycles. The maximum Gasteiger partial charge on any atom is 0.244 e. The Morgan fingerprint density at radius 2 is 2.06 bits per heavy atom. The highest BCUT2D eigenvalue weighted by Gasteiger charge is 2.29. The predicted octanol–water partition coefficient (Wildman–Crippen LogP) is 2.93. The number of halogens is 1. The van der Waals surface area contributed by atoms with Crippen LogP contribution < -0.4 is 10.1 Å². The van der Waals surface area contributed by atoms with Gasteiger partial charge in [0.2, 0.25) is 11.8 Å². The molecule has 0 bridgehead atoms. The van der Waals surface area contributed by atoms with Crippen LogP contribution in [0.25, 0.3) is 27.7 Å². The number of aliphatic hydroxyl groups is 1. The van der Waals surface area contributed by atoms with Gasteiger partial charge in [-0.25, -0.2) is 13.6 Å². The molecule has 5 rings (SSSR count). The van der Waals surface area contributed by atoms with Gasteiger partial charge in [0.25, 0.3) is 0 Å². The summed E-state index contributed by atoms with van der Waals surface area (Å²) in [4.78, 5) is 4.49. The lowest BCUT2D eigenvalue weighted by molar-refractivity contribution is 0.0195. The molecule has 10 heteroatoms. The fraction of sp³-hybridized carbons (Fsp3) is 0.429. The average molecular weight is 425 g/mol. The van der Waals surface area contributed by atoms with Crippen LogP contribution in [0.4, 0.5) is 10.3 Å². The van der Waals surface area contributed by atoms with Crippen LogP contribution in [-0.4, -0.2) is 53.5 Å². The SMILES string of the molecule is COc1nc(N[C@H]2CC[C@](C)(O)CC2)nn2cc(F)c(-c3ccc4nnn(C)c4c3)c12. The van der Waals surface area contributed by atoms with Gasteiger partial charge in [-0.1, -0.05) is 11.3 Å². The fourth-order valence-corrected chi connectivity index (χ4v) is 4.25. The van der Waals surface area contributed by atoms with Crippen LogP contribution in [0, 0.1) is 5.82 Å². The van der Waals surface area contributed by atoms with Crippen molar-refractivity contribution in [3.63, 3.8) is 0 Å². The number of rotatable bonds is 4. The lowest BCUT2D eigenvalue weighted by Gasteiger charge is -2.33. The number of methoxy groups -OCH3 is 1. The predicted molar refractivity (Wildman–Crippen MR) is 114 cm³/mol. The lowest BCUT2D eigenvalue weighted by atomic mass is 9.84. The molecular formula is C21H24FN7O2. The Labute approximate surface area is 177 Å². The average Bonchev–Trinajstić information content (AvgIpc) is 3.27. The molecule has 162 valence electrons. The van der Waals surface area contributed by atoms with Gasteiger partial charge in [0.1, 0.15) is 11.0 Å². The zero-order valence-corrected chi connectivity index (χ0v) is 17.6. The van der Waals surface area contributed by atoms with Crippen LogP contribution in [0.5, 0.6) is 5.88 Å². The largest absolute Gasteiger partial charge is 0.479 e. The molecule has 0 unspecified atom stereocenters. The van der Waals surface area contributed by atoms with Gasteiger partial charge in [0.15, 0.2) is 5.82 Å². The Balaban J connectivity index is 1.55. The molecule has 1 saturated carbocycles. The first-order chi connectivity index (χ1) is 14.8. The molecule has 1 aliphatic carbocycles. The van der Waals surface area contributed by atoms with E-state index in [0.29, 0.717) is 35.4 Å². The first-order valence-electron chi connectivity index (χ1n) is 10.3. The topological polar surface area (TPSA) is 102 Å². The molecule has 2 N–H and O–H groups in total. The molecule has 4 aromatic rings. The number of anilines is 1. The van der Waals surface area contributed by atoms with Crippen LogP contribution in [0.3, 0.4) is 0 Å². The van der Waals surface area contributed by atoms with Gasteiger partial charge in [0.05, 0.1) is 30.0 Å². The Morgan fingerprint density at radius 3 is 2.81 bits per heavy atom. The normalized spacial score (nSPS) is 21.6. The van der Waals surface area contributed by atoms with Crippen molar-refractivity contribution in [2.45, 2.75) is 44.2 Å². The third-order valence-corrected chi connectivity index (χ3v) is 6.04. The molecule has 0 atom stereocenters. The van der Waals surface area contributed by atoms with Crippen molar-refractivity contribution in [3.8, 4) is 17.0 Å². The van der Waals surface area contributed by atoms with Crippen molar-refractivity contribution in [2.75, 3.05) is 12.4 Å². The Morgan fingerprint density at radius 1 is 1.29 bits per heavy atom. The molecule has 0 radical (unpaired) electrons. The van der Waals surface area contributed by atoms with E-state index in [4.69, 9.17) is 4.74 Å². The summed E-state index contributed by atoms with van der Waals surface area (Å²) in [6.07, 6.45) is 4.36. The van der Waals surface area contributed by atoms with Gasteiger partial charge in [-0.3, -0.25) is 0 Å². The Bertz CT molecular complexity index is 1270. The molecule has 9 nitrogen and oxygen atoms in total. The minimum atomic E-state index is -0.621. The summed E-state index contributed by atoms with van der Waals surface area (Å²) in [5, 5.41) is 26.0. The number of nitrogens with one attached hydrogen (secondary N) is 1. The number of benzene rings is 1. The number of hydrogen-bond acceptors (Lipinski definition) is 7. The summed E-state index contributed by atoms with van der Waals surface area (Å²) in [5.41, 5.74) is 2.38. The molecule has 1 aromatic carbocycles. The van der Waals surface area contributed by atoms with Gasteiger partial charge in [0, 0.05) is 13.1 Å². The molecule has 0 saturated heterocycles. The smallest absolute Gasteiger partial charge is 0.244 e. The van der Waals surface area contributed by atoms with E-state index in [1.54, 1.807) is 17.8 Å². The van der Waals surface area contributed by atoms with Gasteiger partial charge < -0.3 is 15.2 Å². The highest BCUT2D eigenvalue weighted by Crippen LogP contribution is 2.35. The van der Waals surface area contributed by atoms with Crippen molar-refractivity contribution in [1.29, 1.82) is 0 Å². The second kappa shape index (κ2) is 7.16. The van der Waals surface area contributed by atoms with E-state index in [1.807, 2.05) is 19.1 Å². The number of nitrogens with zero attached hydrogens (tertiary/aromatic N) is 6. The second-order valence-corrected chi connectivity index (χ2v) is 8.42. The van der Waals surface area contributed by atoms with Gasteiger partial charge >= 0.3 is 0 Å². The highest BCUT2D eigenvalue weighted by atomic mass is 19.1. The summed E-state index contributed by atoms with van der Waals surface area (Å²) in [6, 6.07) is 5.59. The summed E-state index contributed by atoms with van der Waals surface area (Å²) in [6.45, 7) is 1.86. The third kappa shape index (κ3) is 3.46. The molecule has 0 aliphatic heterocycles. The van der Waals surface area contributed by atoms with Crippen molar-refractivity contribution < 1.29 is 14.2 Å². The van der Waals surface area contributed by atoms with Crippen LogP contribution in [0.2, 0.25) is 0 Å². The summed E-state index contributed by atoms with van der Waals surface area (Å²) < 4.78 is 23.7. The summed E-state index contributed by atoms with van der Waals surface area (Å²) >= 11 is 0. The maximum absolute atomic E-state index is 15.1. The van der Waals surface area contributed by atoms with Crippen LogP contribution in [0.15, 0.2) is 24.4 Å². The zero-order valence-electron chi connectivity index (χ0n) is 17.6. The van der Waals surface area contributed by atoms with Crippen molar-refractivity contribution in [3.05, 3.63) is 30.2 Å². The summed E-state index contributed by atoms with van der Waals surface area (Å²) in [7, 11) is 3.30. The number of fused-ring (bicyclic) bond motifs is 2. The van der Waals surface area contributed by atoms with Gasteiger partial charge in [-0.2, -0.15) is 4.98 Å². The quantitative estimate of drug-likeness (QED) is 0.518. The van der Waals surface area contributed by atoms with Gasteiger partial charge in [-0.15, -0.1) is 10.2 Å². The van der Waals surface area contributed by atoms with E-state index < -0.39 is 11.4 Å². The summed E-state index contributed by atoms with van der Waals surface area (Å²) in [5.74, 6) is 0.221. The first-order valence-corrected chi connectivity index (χ1v) is 10.3. The Kier molecular flexibility index (Phi) is 4.54. The van der Waals surface area contributed by atoms with Crippen molar-refractivity contribution >= 4 is 22.5 Å². The second-order valence-electron chi connectivity index (χ2n) is 8.42. The molecular weight excluding hydrogens is 401 g/mol. The number of hydrogen-bond donors (Lipinski definition) is 2. The van der Waals surface area contributed by atoms with Gasteiger partial charge in [-0.05, 0) is 50.3 Å². The monoisotopic (exact) mass is 425 g/mol. The standard InChI is InChI=1S/C21H24FN7O2/c1-21(30)8-6-13(7-9-21)23-20-24-19(31-3)18-17(14(22)11-29(18)26-20)12-4-5-15-16(10-12)28(2)27-25-15/h4-5,10-11,13,30H,6-9H2,1-3H3,(H,23,26)/t13-,21-. The fourth-order valence-electron chi connectivity index (χ4n) is 4.25. The van der Waals surface area contributed by atoms with Crippen LogP contribution >= 0.6 is 0 Å². The van der Waals surface area contributed by atoms with Crippen LogP contribution in [0.1, 0.15) is 32.6 Å². The molecule has 1 fully saturated rings. The maximum atomic E-state index is 15.1. The van der Waals surface area contributed by atoms with Crippen LogP contribution in [-0.2, 0) is 7.05 Å². The van der Waals surface area contributed by atoms with E-state index in [0.717, 1.165) is 23.9 Å². The lowest BCUT2D eigenvalue weighted by Crippen LogP contribution is -2.36. The van der Waals surface area contributed by atoms with Crippen molar-refractivity contribution in [2.24, 2.45) is 7.05 Å². The zero-order chi connectivity index (χ0) is 21.8. The molecule has 3 heterocycles.